The zero-order valence-corrected chi connectivity index (χ0v) is 9.79. The lowest BCUT2D eigenvalue weighted by Crippen LogP contribution is -2.06. The number of carbonyl (C=O) groups is 1. The van der Waals surface area contributed by atoms with Crippen molar-refractivity contribution in [2.75, 3.05) is 11.1 Å². The lowest BCUT2D eigenvalue weighted by atomic mass is 10.3. The molecule has 0 bridgehead atoms. The maximum absolute atomic E-state index is 10.8. The number of hydrogen-bond acceptors (Lipinski definition) is 5. The Balaban J connectivity index is 2.27. The Labute approximate surface area is 103 Å². The predicted molar refractivity (Wildman–Crippen MR) is 66.8 cm³/mol. The van der Waals surface area contributed by atoms with Crippen LogP contribution in [0.15, 0.2) is 24.4 Å². The number of hydrogen-bond donors (Lipinski definition) is 3. The second-order valence-corrected chi connectivity index (χ2v) is 3.62. The molecule has 0 spiro atoms. The summed E-state index contributed by atoms with van der Waals surface area (Å²) in [6, 6.07) is 4.61. The van der Waals surface area contributed by atoms with Gasteiger partial charge in [-0.1, -0.05) is 0 Å². The lowest BCUT2D eigenvalue weighted by molar-refractivity contribution is 0.0690. The monoisotopic (exact) mass is 247 g/mol. The molecule has 0 aliphatic carbocycles. The number of carboxylic acids is 1. The molecule has 0 unspecified atom stereocenters. The van der Waals surface area contributed by atoms with E-state index in [1.54, 1.807) is 16.9 Å². The molecule has 0 saturated carbocycles. The molecule has 0 amide bonds. The van der Waals surface area contributed by atoms with E-state index in [-0.39, 0.29) is 11.5 Å². The Kier molecular flexibility index (Phi) is 3.13. The van der Waals surface area contributed by atoms with Crippen LogP contribution in [0.3, 0.4) is 0 Å². The second kappa shape index (κ2) is 4.74. The van der Waals surface area contributed by atoms with Crippen LogP contribution in [0.1, 0.15) is 17.4 Å². The molecule has 94 valence electrons. The van der Waals surface area contributed by atoms with Gasteiger partial charge in [0.05, 0.1) is 5.69 Å². The van der Waals surface area contributed by atoms with Crippen molar-refractivity contribution in [3.63, 3.8) is 0 Å². The van der Waals surface area contributed by atoms with Gasteiger partial charge in [0.1, 0.15) is 0 Å². The number of nitrogens with zero attached hydrogens (tertiary/aromatic N) is 3. The summed E-state index contributed by atoms with van der Waals surface area (Å²) in [4.78, 5) is 14.7. The van der Waals surface area contributed by atoms with Gasteiger partial charge in [-0.3, -0.25) is 4.68 Å². The Morgan fingerprint density at radius 2 is 2.28 bits per heavy atom. The van der Waals surface area contributed by atoms with Crippen LogP contribution in [-0.2, 0) is 6.54 Å². The van der Waals surface area contributed by atoms with E-state index < -0.39 is 5.97 Å². The first-order valence-electron chi connectivity index (χ1n) is 5.40. The van der Waals surface area contributed by atoms with E-state index in [0.29, 0.717) is 11.5 Å². The summed E-state index contributed by atoms with van der Waals surface area (Å²) in [5.41, 5.74) is 6.02. The van der Waals surface area contributed by atoms with Crippen molar-refractivity contribution in [3.8, 4) is 0 Å². The summed E-state index contributed by atoms with van der Waals surface area (Å²) in [7, 11) is 0. The van der Waals surface area contributed by atoms with Crippen LogP contribution in [0.5, 0.6) is 0 Å². The SMILES string of the molecule is CCn1ccc(Nc2nc(C(=O)O)ccc2N)n1. The summed E-state index contributed by atoms with van der Waals surface area (Å²) in [6.45, 7) is 2.72. The molecule has 4 N–H and O–H groups in total. The summed E-state index contributed by atoms with van der Waals surface area (Å²) in [5, 5.41) is 16.0. The Hall–Kier alpha value is -2.57. The molecule has 7 nitrogen and oxygen atoms in total. The molecule has 0 aromatic carbocycles. The van der Waals surface area contributed by atoms with E-state index in [2.05, 4.69) is 15.4 Å². The van der Waals surface area contributed by atoms with Crippen molar-refractivity contribution in [1.82, 2.24) is 14.8 Å². The van der Waals surface area contributed by atoms with E-state index in [1.807, 2.05) is 6.92 Å². The minimum atomic E-state index is -1.10. The number of rotatable bonds is 4. The summed E-state index contributed by atoms with van der Waals surface area (Å²) < 4.78 is 1.74. The number of aryl methyl sites for hydroxylation is 1. The topological polar surface area (TPSA) is 106 Å². The van der Waals surface area contributed by atoms with Crippen molar-refractivity contribution in [2.45, 2.75) is 13.5 Å². The molecular formula is C11H13N5O2. The first kappa shape index (κ1) is 11.9. The number of nitrogens with two attached hydrogens (primary N) is 1. The van der Waals surface area contributed by atoms with E-state index in [9.17, 15) is 4.79 Å². The maximum Gasteiger partial charge on any atom is 0.354 e. The number of nitrogens with one attached hydrogen (secondary N) is 1. The Morgan fingerprint density at radius 1 is 1.50 bits per heavy atom. The van der Waals surface area contributed by atoms with E-state index >= 15 is 0 Å². The van der Waals surface area contributed by atoms with Crippen molar-refractivity contribution in [3.05, 3.63) is 30.1 Å². The quantitative estimate of drug-likeness (QED) is 0.752. The van der Waals surface area contributed by atoms with Crippen LogP contribution in [0, 0.1) is 0 Å². The molecule has 0 saturated heterocycles. The van der Waals surface area contributed by atoms with Crippen LogP contribution in [-0.4, -0.2) is 25.8 Å². The molecule has 18 heavy (non-hydrogen) atoms. The van der Waals surface area contributed by atoms with Gasteiger partial charge in [0.15, 0.2) is 17.3 Å². The summed E-state index contributed by atoms with van der Waals surface area (Å²) >= 11 is 0. The van der Waals surface area contributed by atoms with Gasteiger partial charge in [-0.15, -0.1) is 0 Å². The van der Waals surface area contributed by atoms with Crippen LogP contribution in [0.4, 0.5) is 17.3 Å². The first-order chi connectivity index (χ1) is 8.60. The number of nitrogen functional groups attached to an aromatic ring is 1. The van der Waals surface area contributed by atoms with Gasteiger partial charge in [-0.2, -0.15) is 5.10 Å². The highest BCUT2D eigenvalue weighted by atomic mass is 16.4. The van der Waals surface area contributed by atoms with Gasteiger partial charge < -0.3 is 16.2 Å². The number of anilines is 3. The van der Waals surface area contributed by atoms with Gasteiger partial charge in [0.2, 0.25) is 0 Å². The molecule has 7 heteroatoms. The van der Waals surface area contributed by atoms with Crippen LogP contribution < -0.4 is 11.1 Å². The van der Waals surface area contributed by atoms with Crippen LogP contribution >= 0.6 is 0 Å². The predicted octanol–water partition coefficient (Wildman–Crippen LogP) is 1.32. The van der Waals surface area contributed by atoms with Crippen LogP contribution in [0.25, 0.3) is 0 Å². The minimum absolute atomic E-state index is 0.0679. The third-order valence-corrected chi connectivity index (χ3v) is 2.36. The molecule has 0 fully saturated rings. The van der Waals surface area contributed by atoms with Gasteiger partial charge in [0, 0.05) is 18.8 Å². The highest BCUT2D eigenvalue weighted by Crippen LogP contribution is 2.19. The molecule has 0 aliphatic heterocycles. The van der Waals surface area contributed by atoms with Crippen molar-refractivity contribution >= 4 is 23.3 Å². The van der Waals surface area contributed by atoms with Crippen molar-refractivity contribution in [2.24, 2.45) is 0 Å². The number of aromatic carboxylic acids is 1. The largest absolute Gasteiger partial charge is 0.477 e. The zero-order valence-electron chi connectivity index (χ0n) is 9.79. The van der Waals surface area contributed by atoms with E-state index in [1.165, 1.54) is 12.1 Å². The number of carboxylic acid groups (broad SMARTS) is 1. The summed E-state index contributed by atoms with van der Waals surface area (Å²) in [5.74, 6) is -0.244. The number of aromatic nitrogens is 3. The third kappa shape index (κ3) is 2.40. The highest BCUT2D eigenvalue weighted by Gasteiger charge is 2.09. The molecule has 0 atom stereocenters. The standard InChI is InChI=1S/C11H13N5O2/c1-2-16-6-5-9(15-16)14-10-7(12)3-4-8(13-10)11(17)18/h3-6H,2,12H2,1H3,(H,17,18)(H,13,14,15). The molecule has 0 aliphatic rings. The Bertz CT molecular complexity index is 579. The highest BCUT2D eigenvalue weighted by molar-refractivity contribution is 5.87. The first-order valence-corrected chi connectivity index (χ1v) is 5.40. The average Bonchev–Trinajstić information content (AvgIpc) is 2.79. The molecule has 2 heterocycles. The van der Waals surface area contributed by atoms with Crippen molar-refractivity contribution < 1.29 is 9.90 Å². The normalized spacial score (nSPS) is 10.3. The van der Waals surface area contributed by atoms with Gasteiger partial charge in [0.25, 0.3) is 0 Å². The lowest BCUT2D eigenvalue weighted by Gasteiger charge is -2.06. The fourth-order valence-corrected chi connectivity index (χ4v) is 1.41. The molecule has 2 aromatic rings. The van der Waals surface area contributed by atoms with Gasteiger partial charge >= 0.3 is 5.97 Å². The Morgan fingerprint density at radius 3 is 2.89 bits per heavy atom. The summed E-state index contributed by atoms with van der Waals surface area (Å²) in [6.07, 6.45) is 1.81. The van der Waals surface area contributed by atoms with Crippen molar-refractivity contribution in [1.29, 1.82) is 0 Å². The maximum atomic E-state index is 10.8. The number of pyridine rings is 1. The fraction of sp³-hybridized carbons (Fsp3) is 0.182. The minimum Gasteiger partial charge on any atom is -0.477 e. The van der Waals surface area contributed by atoms with E-state index in [4.69, 9.17) is 10.8 Å². The third-order valence-electron chi connectivity index (χ3n) is 2.36. The smallest absolute Gasteiger partial charge is 0.354 e. The molecule has 2 aromatic heterocycles. The molecular weight excluding hydrogens is 234 g/mol. The molecule has 0 radical (unpaired) electrons. The van der Waals surface area contributed by atoms with Gasteiger partial charge in [-0.05, 0) is 19.1 Å². The van der Waals surface area contributed by atoms with E-state index in [0.717, 1.165) is 6.54 Å². The fourth-order valence-electron chi connectivity index (χ4n) is 1.41. The van der Waals surface area contributed by atoms with Crippen LogP contribution in [0.2, 0.25) is 0 Å². The zero-order chi connectivity index (χ0) is 13.1. The second-order valence-electron chi connectivity index (χ2n) is 3.62. The average molecular weight is 247 g/mol. The molecule has 2 rings (SSSR count). The van der Waals surface area contributed by atoms with Gasteiger partial charge in [-0.25, -0.2) is 9.78 Å².